The number of Topliss-reactive ketones (excluding diaryl/α,β-unsaturated/α-hetero) is 1. The number of ether oxygens (including phenoxy) is 3. The summed E-state index contributed by atoms with van der Waals surface area (Å²) < 4.78 is 15.9. The second kappa shape index (κ2) is 9.66. The van der Waals surface area contributed by atoms with Crippen molar-refractivity contribution in [2.24, 2.45) is 0 Å². The Kier molecular flexibility index (Phi) is 6.49. The number of rotatable bonds is 7. The van der Waals surface area contributed by atoms with Gasteiger partial charge in [-0.25, -0.2) is 0 Å². The summed E-state index contributed by atoms with van der Waals surface area (Å²) >= 11 is 0. The van der Waals surface area contributed by atoms with Crippen molar-refractivity contribution in [3.8, 4) is 17.2 Å². The number of ketones is 1. The summed E-state index contributed by atoms with van der Waals surface area (Å²) in [5.74, 6) is -0.366. The van der Waals surface area contributed by atoms with E-state index >= 15 is 0 Å². The van der Waals surface area contributed by atoms with Crippen LogP contribution in [0.1, 0.15) is 22.7 Å². The molecular formula is C26H24N2O6. The number of carbonyl (C=O) groups excluding carboxylic acids is 2. The fourth-order valence-electron chi connectivity index (χ4n) is 4.00. The van der Waals surface area contributed by atoms with Crippen molar-refractivity contribution in [2.45, 2.75) is 12.6 Å². The van der Waals surface area contributed by atoms with Gasteiger partial charge in [0.2, 0.25) is 0 Å². The van der Waals surface area contributed by atoms with Gasteiger partial charge in [-0.15, -0.1) is 0 Å². The predicted molar refractivity (Wildman–Crippen MR) is 125 cm³/mol. The van der Waals surface area contributed by atoms with E-state index in [0.717, 1.165) is 5.56 Å². The third kappa shape index (κ3) is 4.17. The number of nitrogens with zero attached hydrogens (tertiary/aromatic N) is 2. The zero-order chi connectivity index (χ0) is 24.2. The Morgan fingerprint density at radius 3 is 2.29 bits per heavy atom. The minimum Gasteiger partial charge on any atom is -0.507 e. The summed E-state index contributed by atoms with van der Waals surface area (Å²) in [4.78, 5) is 32.0. The van der Waals surface area contributed by atoms with E-state index in [9.17, 15) is 14.7 Å². The van der Waals surface area contributed by atoms with Crippen LogP contribution in [0.2, 0.25) is 0 Å². The average Bonchev–Trinajstić information content (AvgIpc) is 3.13. The topological polar surface area (TPSA) is 98.2 Å². The number of hydrogen-bond acceptors (Lipinski definition) is 7. The van der Waals surface area contributed by atoms with Gasteiger partial charge in [0.05, 0.1) is 38.5 Å². The van der Waals surface area contributed by atoms with Gasteiger partial charge in [0.1, 0.15) is 23.0 Å². The van der Waals surface area contributed by atoms with E-state index in [1.54, 1.807) is 62.0 Å². The Labute approximate surface area is 197 Å². The van der Waals surface area contributed by atoms with Gasteiger partial charge >= 0.3 is 0 Å². The molecule has 2 heterocycles. The molecule has 1 saturated heterocycles. The van der Waals surface area contributed by atoms with Crippen molar-refractivity contribution < 1.29 is 28.9 Å². The van der Waals surface area contributed by atoms with Crippen molar-refractivity contribution >= 4 is 17.4 Å². The van der Waals surface area contributed by atoms with Crippen molar-refractivity contribution in [1.29, 1.82) is 0 Å². The first-order valence-corrected chi connectivity index (χ1v) is 10.5. The van der Waals surface area contributed by atoms with Gasteiger partial charge in [0, 0.05) is 18.9 Å². The van der Waals surface area contributed by atoms with Crippen LogP contribution < -0.4 is 14.2 Å². The minimum atomic E-state index is -0.841. The molecule has 1 N–H and O–H groups in total. The van der Waals surface area contributed by atoms with Crippen LogP contribution >= 0.6 is 0 Å². The molecule has 2 aromatic carbocycles. The van der Waals surface area contributed by atoms with E-state index in [1.165, 1.54) is 19.1 Å². The third-order valence-electron chi connectivity index (χ3n) is 5.71. The van der Waals surface area contributed by atoms with E-state index < -0.39 is 17.7 Å². The van der Waals surface area contributed by atoms with E-state index in [0.29, 0.717) is 22.8 Å². The smallest absolute Gasteiger partial charge is 0.295 e. The molecule has 34 heavy (non-hydrogen) atoms. The zero-order valence-electron chi connectivity index (χ0n) is 19.0. The standard InChI is InChI=1S/C26H24N2O6/c1-32-18-8-6-16(7-9-18)15-28-23(17-5-4-12-27-14-17)22(25(30)26(28)31)24(29)20-13-19(33-2)10-11-21(20)34-3/h4-14,23,29H,15H2,1-3H3/b24-22+. The highest BCUT2D eigenvalue weighted by Gasteiger charge is 2.46. The summed E-state index contributed by atoms with van der Waals surface area (Å²) in [5, 5.41) is 11.3. The highest BCUT2D eigenvalue weighted by Crippen LogP contribution is 2.42. The number of benzene rings is 2. The summed E-state index contributed by atoms with van der Waals surface area (Å²) in [6, 6.07) is 14.7. The molecule has 1 aromatic heterocycles. The Hall–Kier alpha value is -4.33. The number of aromatic nitrogens is 1. The van der Waals surface area contributed by atoms with Gasteiger partial charge in [-0.2, -0.15) is 0 Å². The zero-order valence-corrected chi connectivity index (χ0v) is 19.0. The number of carbonyl (C=O) groups is 2. The quantitative estimate of drug-likeness (QED) is 0.326. The van der Waals surface area contributed by atoms with Crippen molar-refractivity contribution in [2.75, 3.05) is 21.3 Å². The predicted octanol–water partition coefficient (Wildman–Crippen LogP) is 3.73. The maximum Gasteiger partial charge on any atom is 0.295 e. The van der Waals surface area contributed by atoms with Crippen LogP contribution in [-0.2, 0) is 16.1 Å². The lowest BCUT2D eigenvalue weighted by molar-refractivity contribution is -0.140. The Balaban J connectivity index is 1.86. The number of likely N-dealkylation sites (tertiary alicyclic amines) is 1. The van der Waals surface area contributed by atoms with E-state index in [4.69, 9.17) is 14.2 Å². The van der Waals surface area contributed by atoms with Gasteiger partial charge in [-0.3, -0.25) is 14.6 Å². The maximum absolute atomic E-state index is 13.2. The molecule has 0 radical (unpaired) electrons. The largest absolute Gasteiger partial charge is 0.507 e. The summed E-state index contributed by atoms with van der Waals surface area (Å²) in [6.07, 6.45) is 3.18. The third-order valence-corrected chi connectivity index (χ3v) is 5.71. The molecule has 8 nitrogen and oxygen atoms in total. The lowest BCUT2D eigenvalue weighted by Gasteiger charge is -2.25. The van der Waals surface area contributed by atoms with Crippen LogP contribution in [0.4, 0.5) is 0 Å². The van der Waals surface area contributed by atoms with Crippen LogP contribution in [0.5, 0.6) is 17.2 Å². The molecule has 1 fully saturated rings. The fraction of sp³-hybridized carbons (Fsp3) is 0.192. The second-order valence-corrected chi connectivity index (χ2v) is 7.63. The highest BCUT2D eigenvalue weighted by atomic mass is 16.5. The van der Waals surface area contributed by atoms with Gasteiger partial charge < -0.3 is 24.2 Å². The molecule has 8 heteroatoms. The Morgan fingerprint density at radius 1 is 0.971 bits per heavy atom. The maximum atomic E-state index is 13.2. The number of aliphatic hydroxyl groups excluding tert-OH is 1. The molecule has 0 spiro atoms. The number of methoxy groups -OCH3 is 3. The molecule has 1 atom stereocenters. The second-order valence-electron chi connectivity index (χ2n) is 7.63. The SMILES string of the molecule is COc1ccc(CN2C(=O)C(=O)/C(=C(/O)c3cc(OC)ccc3OC)C2c2cccnc2)cc1. The van der Waals surface area contributed by atoms with Gasteiger partial charge in [-0.05, 0) is 47.5 Å². The number of amides is 1. The molecule has 4 rings (SSSR count). The first-order valence-electron chi connectivity index (χ1n) is 10.5. The molecule has 0 saturated carbocycles. The fourth-order valence-corrected chi connectivity index (χ4v) is 4.00. The molecule has 0 bridgehead atoms. The molecule has 174 valence electrons. The molecule has 1 aliphatic rings. The first-order chi connectivity index (χ1) is 16.5. The average molecular weight is 460 g/mol. The Morgan fingerprint density at radius 2 is 1.68 bits per heavy atom. The number of pyridine rings is 1. The van der Waals surface area contributed by atoms with Crippen LogP contribution in [-0.4, -0.2) is 48.0 Å². The van der Waals surface area contributed by atoms with Gasteiger partial charge in [-0.1, -0.05) is 18.2 Å². The number of hydrogen-bond donors (Lipinski definition) is 1. The first kappa shape index (κ1) is 22.8. The number of aliphatic hydroxyl groups is 1. The molecule has 3 aromatic rings. The Bertz CT molecular complexity index is 1240. The van der Waals surface area contributed by atoms with Crippen LogP contribution in [0.3, 0.4) is 0 Å². The molecule has 1 amide bonds. The summed E-state index contributed by atoms with van der Waals surface area (Å²) in [5.41, 5.74) is 1.60. The summed E-state index contributed by atoms with van der Waals surface area (Å²) in [6.45, 7) is 0.153. The van der Waals surface area contributed by atoms with Crippen LogP contribution in [0.25, 0.3) is 5.76 Å². The summed E-state index contributed by atoms with van der Waals surface area (Å²) in [7, 11) is 4.53. The van der Waals surface area contributed by atoms with Crippen molar-refractivity contribution in [1.82, 2.24) is 9.88 Å². The van der Waals surface area contributed by atoms with E-state index in [1.807, 2.05) is 12.1 Å². The monoisotopic (exact) mass is 460 g/mol. The van der Waals surface area contributed by atoms with Crippen molar-refractivity contribution in [3.63, 3.8) is 0 Å². The van der Waals surface area contributed by atoms with E-state index in [-0.39, 0.29) is 23.4 Å². The molecule has 1 unspecified atom stereocenters. The van der Waals surface area contributed by atoms with Gasteiger partial charge in [0.25, 0.3) is 11.7 Å². The lowest BCUT2D eigenvalue weighted by Crippen LogP contribution is -2.29. The van der Waals surface area contributed by atoms with Gasteiger partial charge in [0.15, 0.2) is 0 Å². The molecule has 0 aliphatic carbocycles. The normalized spacial score (nSPS) is 17.0. The van der Waals surface area contributed by atoms with E-state index in [2.05, 4.69) is 4.98 Å². The molecule has 1 aliphatic heterocycles. The van der Waals surface area contributed by atoms with Crippen molar-refractivity contribution in [3.05, 3.63) is 89.3 Å². The lowest BCUT2D eigenvalue weighted by atomic mass is 9.95. The highest BCUT2D eigenvalue weighted by molar-refractivity contribution is 6.46. The van der Waals surface area contributed by atoms with Crippen LogP contribution in [0, 0.1) is 0 Å². The minimum absolute atomic E-state index is 0.0435. The van der Waals surface area contributed by atoms with Crippen LogP contribution in [0.15, 0.2) is 72.6 Å². The molecular weight excluding hydrogens is 436 g/mol.